The molecule has 0 fully saturated rings. The van der Waals surface area contributed by atoms with Crippen molar-refractivity contribution in [1.29, 1.82) is 0 Å². The van der Waals surface area contributed by atoms with Crippen molar-refractivity contribution in [3.8, 4) is 5.75 Å². The quantitative estimate of drug-likeness (QED) is 0.833. The van der Waals surface area contributed by atoms with Gasteiger partial charge in [-0.3, -0.25) is 0 Å². The molecule has 2 nitrogen and oxygen atoms in total. The van der Waals surface area contributed by atoms with Crippen LogP contribution in [0.3, 0.4) is 0 Å². The Morgan fingerprint density at radius 3 is 2.44 bits per heavy atom. The van der Waals surface area contributed by atoms with Gasteiger partial charge < -0.3 is 10.5 Å². The molecule has 0 aliphatic carbocycles. The van der Waals surface area contributed by atoms with E-state index in [4.69, 9.17) is 5.73 Å². The van der Waals surface area contributed by atoms with Gasteiger partial charge in [-0.25, -0.2) is 13.2 Å². The smallest absolute Gasteiger partial charge is 0.340 e. The molecule has 102 valence electrons. The Balaban J connectivity index is 2.91. The molecule has 0 saturated heterocycles. The first-order valence-electron chi connectivity index (χ1n) is 5.08. The number of benzene rings is 1. The van der Waals surface area contributed by atoms with Crippen molar-refractivity contribution in [2.45, 2.75) is 25.3 Å². The summed E-state index contributed by atoms with van der Waals surface area (Å²) < 4.78 is 67.0. The Kier molecular flexibility index (Phi) is 4.50. The van der Waals surface area contributed by atoms with Crippen LogP contribution in [0.2, 0.25) is 0 Å². The lowest BCUT2D eigenvalue weighted by molar-refractivity contribution is -0.148. The van der Waals surface area contributed by atoms with Crippen molar-refractivity contribution in [3.05, 3.63) is 29.6 Å². The molecule has 0 radical (unpaired) electrons. The van der Waals surface area contributed by atoms with Crippen LogP contribution in [0, 0.1) is 5.82 Å². The first-order chi connectivity index (χ1) is 8.25. The molecule has 18 heavy (non-hydrogen) atoms. The summed E-state index contributed by atoms with van der Waals surface area (Å²) in [6.07, 6.45) is -3.87. The molecule has 0 aliphatic rings. The molecule has 1 aromatic rings. The lowest BCUT2D eigenvalue weighted by Crippen LogP contribution is -2.34. The van der Waals surface area contributed by atoms with E-state index in [9.17, 15) is 22.0 Å². The van der Waals surface area contributed by atoms with Crippen molar-refractivity contribution in [2.24, 2.45) is 5.73 Å². The molecular formula is C11H12F5NO. The normalized spacial score (nSPS) is 13.8. The van der Waals surface area contributed by atoms with Crippen LogP contribution in [-0.4, -0.2) is 19.0 Å². The minimum Gasteiger partial charge on any atom is -0.484 e. The fourth-order valence-electron chi connectivity index (χ4n) is 1.27. The van der Waals surface area contributed by atoms with Crippen molar-refractivity contribution in [2.75, 3.05) is 6.61 Å². The largest absolute Gasteiger partial charge is 0.484 e. The van der Waals surface area contributed by atoms with E-state index in [0.717, 1.165) is 6.07 Å². The van der Waals surface area contributed by atoms with Crippen LogP contribution in [0.5, 0.6) is 5.75 Å². The maximum atomic E-state index is 13.4. The number of para-hydroxylation sites is 1. The fraction of sp³-hybridized carbons (Fsp3) is 0.455. The highest BCUT2D eigenvalue weighted by Gasteiger charge is 2.42. The standard InChI is InChI=1S/C11H12F5NO/c1-6(17)7-3-2-4-8(12)9(7)18-5-11(15,16)10(13)14/h2-4,6,10H,5,17H2,1H3/t6-/m0/s1. The van der Waals surface area contributed by atoms with Crippen LogP contribution in [0.1, 0.15) is 18.5 Å². The van der Waals surface area contributed by atoms with Gasteiger partial charge in [0.25, 0.3) is 0 Å². The third-order valence-electron chi connectivity index (χ3n) is 2.22. The summed E-state index contributed by atoms with van der Waals surface area (Å²) in [7, 11) is 0. The second kappa shape index (κ2) is 5.51. The molecular weight excluding hydrogens is 257 g/mol. The molecule has 0 aromatic heterocycles. The van der Waals surface area contributed by atoms with E-state index in [1.807, 2.05) is 0 Å². The Morgan fingerprint density at radius 2 is 1.94 bits per heavy atom. The molecule has 1 aromatic carbocycles. The lowest BCUT2D eigenvalue weighted by Gasteiger charge is -2.19. The van der Waals surface area contributed by atoms with Crippen molar-refractivity contribution in [1.82, 2.24) is 0 Å². The molecule has 0 heterocycles. The third kappa shape index (κ3) is 3.32. The van der Waals surface area contributed by atoms with Gasteiger partial charge in [0.05, 0.1) is 0 Å². The number of rotatable bonds is 5. The monoisotopic (exact) mass is 269 g/mol. The van der Waals surface area contributed by atoms with Crippen LogP contribution < -0.4 is 10.5 Å². The van der Waals surface area contributed by atoms with Gasteiger partial charge in [-0.15, -0.1) is 0 Å². The molecule has 2 N–H and O–H groups in total. The molecule has 1 atom stereocenters. The Morgan fingerprint density at radius 1 is 1.33 bits per heavy atom. The summed E-state index contributed by atoms with van der Waals surface area (Å²) in [4.78, 5) is 0. The van der Waals surface area contributed by atoms with Crippen LogP contribution >= 0.6 is 0 Å². The summed E-state index contributed by atoms with van der Waals surface area (Å²) in [5.74, 6) is -5.78. The van der Waals surface area contributed by atoms with Gasteiger partial charge in [0.1, 0.15) is 0 Å². The van der Waals surface area contributed by atoms with Gasteiger partial charge in [-0.05, 0) is 13.0 Å². The topological polar surface area (TPSA) is 35.2 Å². The van der Waals surface area contributed by atoms with E-state index in [2.05, 4.69) is 4.74 Å². The molecule has 7 heteroatoms. The van der Waals surface area contributed by atoms with E-state index in [1.165, 1.54) is 19.1 Å². The Labute approximate surface area is 101 Å². The summed E-state index contributed by atoms with van der Waals surface area (Å²) in [5, 5.41) is 0. The van der Waals surface area contributed by atoms with Crippen LogP contribution in [0.15, 0.2) is 18.2 Å². The molecule has 0 unspecified atom stereocenters. The number of nitrogens with two attached hydrogens (primary N) is 1. The molecule has 0 aliphatic heterocycles. The van der Waals surface area contributed by atoms with E-state index < -0.39 is 36.6 Å². The van der Waals surface area contributed by atoms with E-state index in [-0.39, 0.29) is 5.56 Å². The van der Waals surface area contributed by atoms with Crippen molar-refractivity contribution in [3.63, 3.8) is 0 Å². The zero-order valence-corrected chi connectivity index (χ0v) is 9.47. The first kappa shape index (κ1) is 14.7. The molecule has 0 spiro atoms. The maximum Gasteiger partial charge on any atom is 0.340 e. The van der Waals surface area contributed by atoms with E-state index in [1.54, 1.807) is 0 Å². The lowest BCUT2D eigenvalue weighted by atomic mass is 10.1. The zero-order chi connectivity index (χ0) is 13.9. The summed E-state index contributed by atoms with van der Waals surface area (Å²) in [6.45, 7) is -0.113. The highest BCUT2D eigenvalue weighted by molar-refractivity contribution is 5.37. The fourth-order valence-corrected chi connectivity index (χ4v) is 1.27. The van der Waals surface area contributed by atoms with Crippen LogP contribution in [0.4, 0.5) is 22.0 Å². The SMILES string of the molecule is C[C@H](N)c1cccc(F)c1OCC(F)(F)C(F)F. The van der Waals surface area contributed by atoms with Crippen molar-refractivity contribution >= 4 is 0 Å². The summed E-state index contributed by atoms with van der Waals surface area (Å²) in [6, 6.07) is 3.01. The summed E-state index contributed by atoms with van der Waals surface area (Å²) in [5.41, 5.74) is 5.64. The molecule has 0 saturated carbocycles. The molecule has 1 rings (SSSR count). The average molecular weight is 269 g/mol. The minimum atomic E-state index is -4.34. The van der Waals surface area contributed by atoms with Gasteiger partial charge in [0.15, 0.2) is 18.2 Å². The van der Waals surface area contributed by atoms with Gasteiger partial charge in [0, 0.05) is 11.6 Å². The predicted molar refractivity (Wildman–Crippen MR) is 55.4 cm³/mol. The zero-order valence-electron chi connectivity index (χ0n) is 9.47. The predicted octanol–water partition coefficient (Wildman–Crippen LogP) is 3.12. The highest BCUT2D eigenvalue weighted by atomic mass is 19.3. The number of ether oxygens (including phenoxy) is 1. The van der Waals surface area contributed by atoms with E-state index in [0.29, 0.717) is 0 Å². The van der Waals surface area contributed by atoms with Gasteiger partial charge in [-0.2, -0.15) is 8.78 Å². The molecule has 0 bridgehead atoms. The number of alkyl halides is 4. The van der Waals surface area contributed by atoms with Gasteiger partial charge in [0.2, 0.25) is 0 Å². The minimum absolute atomic E-state index is 0.139. The average Bonchev–Trinajstić information content (AvgIpc) is 2.26. The number of hydrogen-bond donors (Lipinski definition) is 1. The molecule has 0 amide bonds. The number of hydrogen-bond acceptors (Lipinski definition) is 2. The maximum absolute atomic E-state index is 13.4. The van der Waals surface area contributed by atoms with Crippen LogP contribution in [-0.2, 0) is 0 Å². The second-order valence-electron chi connectivity index (χ2n) is 3.80. The second-order valence-corrected chi connectivity index (χ2v) is 3.80. The highest BCUT2D eigenvalue weighted by Crippen LogP contribution is 2.30. The van der Waals surface area contributed by atoms with Gasteiger partial charge >= 0.3 is 12.3 Å². The van der Waals surface area contributed by atoms with Crippen LogP contribution in [0.25, 0.3) is 0 Å². The Hall–Kier alpha value is -1.37. The third-order valence-corrected chi connectivity index (χ3v) is 2.22. The van der Waals surface area contributed by atoms with Gasteiger partial charge in [-0.1, -0.05) is 12.1 Å². The van der Waals surface area contributed by atoms with E-state index >= 15 is 0 Å². The Bertz CT molecular complexity index is 408. The number of halogens is 5. The van der Waals surface area contributed by atoms with Crippen molar-refractivity contribution < 1.29 is 26.7 Å². The first-order valence-corrected chi connectivity index (χ1v) is 5.08. The summed E-state index contributed by atoms with van der Waals surface area (Å²) >= 11 is 0.